The quantitative estimate of drug-likeness (QED) is 0.522. The highest BCUT2D eigenvalue weighted by Crippen LogP contribution is 2.45. The summed E-state index contributed by atoms with van der Waals surface area (Å²) in [6, 6.07) is 12.9. The lowest BCUT2D eigenvalue weighted by atomic mass is 9.79. The van der Waals surface area contributed by atoms with Crippen LogP contribution in [-0.4, -0.2) is 24.8 Å². The lowest BCUT2D eigenvalue weighted by Gasteiger charge is -2.29. The van der Waals surface area contributed by atoms with Crippen LogP contribution >= 0.6 is 0 Å². The third-order valence-electron chi connectivity index (χ3n) is 6.85. The predicted molar refractivity (Wildman–Crippen MR) is 117 cm³/mol. The Balaban J connectivity index is 1.31. The van der Waals surface area contributed by atoms with Crippen LogP contribution in [0.15, 0.2) is 42.5 Å². The smallest absolute Gasteiger partial charge is 0.303 e. The van der Waals surface area contributed by atoms with E-state index in [1.165, 1.54) is 6.07 Å². The average molecular weight is 427 g/mol. The number of aliphatic carboxylic acids is 1. The van der Waals surface area contributed by atoms with E-state index in [0.29, 0.717) is 24.2 Å². The minimum atomic E-state index is -0.743. The van der Waals surface area contributed by atoms with Gasteiger partial charge in [-0.15, -0.1) is 0 Å². The van der Waals surface area contributed by atoms with Gasteiger partial charge in [0.1, 0.15) is 17.3 Å². The summed E-state index contributed by atoms with van der Waals surface area (Å²) < 4.78 is 25.6. The summed E-state index contributed by atoms with van der Waals surface area (Å²) in [7, 11) is 1.61. The molecule has 2 aliphatic carbocycles. The molecule has 166 valence electrons. The zero-order valence-corrected chi connectivity index (χ0v) is 18.1. The number of benzene rings is 2. The van der Waals surface area contributed by atoms with Crippen molar-refractivity contribution in [2.45, 2.75) is 56.8 Å². The Labute approximate surface area is 183 Å². The Hall–Kier alpha value is -2.56. The predicted octanol–water partition coefficient (Wildman–Crippen LogP) is 6.16. The second-order valence-corrected chi connectivity index (χ2v) is 9.03. The number of halogens is 1. The number of rotatable bonds is 9. The highest BCUT2D eigenvalue weighted by molar-refractivity contribution is 5.68. The van der Waals surface area contributed by atoms with E-state index in [1.54, 1.807) is 13.2 Å². The SMILES string of the molecule is COc1ccc(F)c(C2CCC(COc3cccc(C(CC(=O)O)C4CC4)c3)CC2)c1. The molecular weight excluding hydrogens is 395 g/mol. The number of hydrogen-bond acceptors (Lipinski definition) is 3. The van der Waals surface area contributed by atoms with Crippen LogP contribution in [0.3, 0.4) is 0 Å². The molecule has 2 aromatic carbocycles. The van der Waals surface area contributed by atoms with Gasteiger partial charge in [-0.1, -0.05) is 12.1 Å². The molecule has 31 heavy (non-hydrogen) atoms. The second-order valence-electron chi connectivity index (χ2n) is 9.03. The molecular formula is C26H31FO4. The van der Waals surface area contributed by atoms with Gasteiger partial charge in [-0.05, 0) is 104 Å². The molecule has 0 radical (unpaired) electrons. The largest absolute Gasteiger partial charge is 0.497 e. The Bertz CT molecular complexity index is 900. The topological polar surface area (TPSA) is 55.8 Å². The molecule has 2 aromatic rings. The highest BCUT2D eigenvalue weighted by Gasteiger charge is 2.34. The van der Waals surface area contributed by atoms with Gasteiger partial charge in [0.15, 0.2) is 0 Å². The normalized spacial score (nSPS) is 22.0. The third kappa shape index (κ3) is 5.57. The van der Waals surface area contributed by atoms with Crippen molar-refractivity contribution in [1.82, 2.24) is 0 Å². The van der Waals surface area contributed by atoms with Gasteiger partial charge in [-0.2, -0.15) is 0 Å². The molecule has 2 saturated carbocycles. The highest BCUT2D eigenvalue weighted by atomic mass is 19.1. The summed E-state index contributed by atoms with van der Waals surface area (Å²) in [5.74, 6) is 1.87. The molecule has 4 rings (SSSR count). The molecule has 1 N–H and O–H groups in total. The molecule has 0 heterocycles. The standard InChI is InChI=1S/C26H31FO4/c1-30-21-11-12-25(27)24(14-21)19-7-5-17(6-8-19)16-31-22-4-2-3-20(13-22)23(15-26(28)29)18-9-10-18/h2-4,11-14,17-19,23H,5-10,15-16H2,1H3,(H,28,29). The molecule has 0 bridgehead atoms. The van der Waals surface area contributed by atoms with Crippen LogP contribution in [0.5, 0.6) is 11.5 Å². The lowest BCUT2D eigenvalue weighted by molar-refractivity contribution is -0.137. The van der Waals surface area contributed by atoms with Gasteiger partial charge < -0.3 is 14.6 Å². The first-order valence-corrected chi connectivity index (χ1v) is 11.3. The fourth-order valence-corrected chi connectivity index (χ4v) is 4.89. The fourth-order valence-electron chi connectivity index (χ4n) is 4.89. The molecule has 4 nitrogen and oxygen atoms in total. The Morgan fingerprint density at radius 3 is 2.52 bits per heavy atom. The van der Waals surface area contributed by atoms with E-state index < -0.39 is 5.97 Å². The molecule has 0 amide bonds. The molecule has 2 fully saturated rings. The van der Waals surface area contributed by atoms with Crippen molar-refractivity contribution in [3.05, 3.63) is 59.4 Å². The van der Waals surface area contributed by atoms with Gasteiger partial charge >= 0.3 is 5.97 Å². The Kier molecular flexibility index (Phi) is 6.79. The lowest BCUT2D eigenvalue weighted by Crippen LogP contribution is -2.20. The first-order chi connectivity index (χ1) is 15.0. The zero-order valence-electron chi connectivity index (χ0n) is 18.1. The number of methoxy groups -OCH3 is 1. The van der Waals surface area contributed by atoms with Gasteiger partial charge in [0.05, 0.1) is 20.1 Å². The van der Waals surface area contributed by atoms with Gasteiger partial charge in [-0.25, -0.2) is 4.39 Å². The van der Waals surface area contributed by atoms with E-state index in [4.69, 9.17) is 9.47 Å². The van der Waals surface area contributed by atoms with Crippen molar-refractivity contribution in [2.24, 2.45) is 11.8 Å². The minimum absolute atomic E-state index is 0.0780. The number of carbonyl (C=O) groups is 1. The maximum atomic E-state index is 14.3. The first kappa shape index (κ1) is 21.7. The third-order valence-corrected chi connectivity index (χ3v) is 6.85. The Morgan fingerprint density at radius 1 is 1.06 bits per heavy atom. The van der Waals surface area contributed by atoms with Crippen molar-refractivity contribution in [1.29, 1.82) is 0 Å². The molecule has 0 saturated heterocycles. The van der Waals surface area contributed by atoms with E-state index in [2.05, 4.69) is 0 Å². The molecule has 1 atom stereocenters. The second kappa shape index (κ2) is 9.71. The van der Waals surface area contributed by atoms with E-state index in [0.717, 1.165) is 55.4 Å². The zero-order chi connectivity index (χ0) is 21.8. The van der Waals surface area contributed by atoms with E-state index in [1.807, 2.05) is 30.3 Å². The molecule has 5 heteroatoms. The summed E-state index contributed by atoms with van der Waals surface area (Å²) in [5, 5.41) is 9.25. The number of carboxylic acid groups (broad SMARTS) is 1. The van der Waals surface area contributed by atoms with Gasteiger partial charge in [-0.3, -0.25) is 4.79 Å². The van der Waals surface area contributed by atoms with E-state index in [-0.39, 0.29) is 24.1 Å². The van der Waals surface area contributed by atoms with Gasteiger partial charge in [0.25, 0.3) is 0 Å². The maximum absolute atomic E-state index is 14.3. The van der Waals surface area contributed by atoms with Crippen LogP contribution in [-0.2, 0) is 4.79 Å². The van der Waals surface area contributed by atoms with Crippen molar-refractivity contribution >= 4 is 5.97 Å². The van der Waals surface area contributed by atoms with Crippen LogP contribution < -0.4 is 9.47 Å². The van der Waals surface area contributed by atoms with E-state index in [9.17, 15) is 14.3 Å². The first-order valence-electron chi connectivity index (χ1n) is 11.3. The summed E-state index contributed by atoms with van der Waals surface area (Å²) in [6.45, 7) is 0.643. The monoisotopic (exact) mass is 426 g/mol. The van der Waals surface area contributed by atoms with Gasteiger partial charge in [0, 0.05) is 0 Å². The van der Waals surface area contributed by atoms with Crippen molar-refractivity contribution < 1.29 is 23.8 Å². The summed E-state index contributed by atoms with van der Waals surface area (Å²) >= 11 is 0. The van der Waals surface area contributed by atoms with Crippen LogP contribution in [0.4, 0.5) is 4.39 Å². The van der Waals surface area contributed by atoms with E-state index >= 15 is 0 Å². The van der Waals surface area contributed by atoms with Crippen molar-refractivity contribution in [3.8, 4) is 11.5 Å². The number of ether oxygens (including phenoxy) is 2. The minimum Gasteiger partial charge on any atom is -0.497 e. The molecule has 0 aromatic heterocycles. The van der Waals surface area contributed by atoms with Crippen LogP contribution in [0.25, 0.3) is 0 Å². The van der Waals surface area contributed by atoms with Crippen LogP contribution in [0.2, 0.25) is 0 Å². The molecule has 0 aliphatic heterocycles. The molecule has 2 aliphatic rings. The number of hydrogen-bond donors (Lipinski definition) is 1. The van der Waals surface area contributed by atoms with Crippen LogP contribution in [0, 0.1) is 17.7 Å². The summed E-state index contributed by atoms with van der Waals surface area (Å²) in [5.41, 5.74) is 1.83. The number of carboxylic acids is 1. The average Bonchev–Trinajstić information content (AvgIpc) is 3.62. The van der Waals surface area contributed by atoms with Crippen LogP contribution in [0.1, 0.15) is 67.9 Å². The fraction of sp³-hybridized carbons (Fsp3) is 0.500. The van der Waals surface area contributed by atoms with Crippen molar-refractivity contribution in [3.63, 3.8) is 0 Å². The van der Waals surface area contributed by atoms with Gasteiger partial charge in [0.2, 0.25) is 0 Å². The van der Waals surface area contributed by atoms with Crippen molar-refractivity contribution in [2.75, 3.05) is 13.7 Å². The summed E-state index contributed by atoms with van der Waals surface area (Å²) in [4.78, 5) is 11.3. The molecule has 1 unspecified atom stereocenters. The molecule has 0 spiro atoms. The summed E-state index contributed by atoms with van der Waals surface area (Å²) in [6.07, 6.45) is 6.30. The Morgan fingerprint density at radius 2 is 1.84 bits per heavy atom. The maximum Gasteiger partial charge on any atom is 0.303 e.